The Morgan fingerprint density at radius 1 is 0.889 bits per heavy atom. The predicted molar refractivity (Wildman–Crippen MR) is 112 cm³/mol. The topological polar surface area (TPSA) is 109 Å². The molecule has 198 valence electrons. The molecule has 2 aromatic rings. The highest BCUT2D eigenvalue weighted by Crippen LogP contribution is 2.34. The van der Waals surface area contributed by atoms with E-state index >= 15 is 0 Å². The number of anilines is 1. The fourth-order valence-electron chi connectivity index (χ4n) is 3.66. The van der Waals surface area contributed by atoms with E-state index in [2.05, 4.69) is 20.1 Å². The van der Waals surface area contributed by atoms with Gasteiger partial charge in [0.2, 0.25) is 0 Å². The molecule has 0 bridgehead atoms. The lowest BCUT2D eigenvalue weighted by molar-refractivity contribution is -0.275. The number of carbonyl (C=O) groups excluding carboxylic acids is 1. The second-order valence-corrected chi connectivity index (χ2v) is 7.89. The number of aliphatic hydroxyl groups excluding tert-OH is 1. The number of urea groups is 1. The SMILES string of the molecule is O=C(Nc1cccc(OC(F)(F)F)c1)NC1CCC(Oc2ccc(OC(F)(F)F)cc2C(O)O)CC1. The van der Waals surface area contributed by atoms with Crippen LogP contribution in [0.15, 0.2) is 42.5 Å². The number of aliphatic hydroxyl groups is 2. The summed E-state index contributed by atoms with van der Waals surface area (Å²) in [5, 5.41) is 24.2. The standard InChI is InChI=1S/C22H22F6N2O6/c23-21(24,25)35-15-3-1-2-13(10-15)30-20(33)29-12-4-6-14(7-5-12)34-18-9-8-16(36-22(26,27)28)11-17(18)19(31)32/h1-3,8-12,14,19,31-32H,4-7H2,(H2,29,30,33). The van der Waals surface area contributed by atoms with Gasteiger partial charge in [0.1, 0.15) is 17.2 Å². The van der Waals surface area contributed by atoms with Gasteiger partial charge in [0.15, 0.2) is 6.29 Å². The van der Waals surface area contributed by atoms with Gasteiger partial charge in [-0.2, -0.15) is 0 Å². The van der Waals surface area contributed by atoms with E-state index in [1.54, 1.807) is 0 Å². The first kappa shape index (κ1) is 27.2. The van der Waals surface area contributed by atoms with Gasteiger partial charge in [0, 0.05) is 17.8 Å². The van der Waals surface area contributed by atoms with Crippen LogP contribution in [0.25, 0.3) is 0 Å². The molecule has 3 rings (SSSR count). The Balaban J connectivity index is 1.51. The fourth-order valence-corrected chi connectivity index (χ4v) is 3.66. The normalized spacial score (nSPS) is 18.5. The number of benzene rings is 2. The molecule has 0 aliphatic heterocycles. The molecule has 8 nitrogen and oxygen atoms in total. The lowest BCUT2D eigenvalue weighted by atomic mass is 9.93. The van der Waals surface area contributed by atoms with Crippen molar-refractivity contribution in [2.75, 3.05) is 5.32 Å². The molecule has 1 aliphatic carbocycles. The Labute approximate surface area is 200 Å². The Kier molecular flexibility index (Phi) is 8.40. The number of alkyl halides is 6. The smallest absolute Gasteiger partial charge is 0.490 e. The molecular weight excluding hydrogens is 502 g/mol. The molecule has 0 radical (unpaired) electrons. The van der Waals surface area contributed by atoms with Crippen LogP contribution in [0.1, 0.15) is 37.5 Å². The van der Waals surface area contributed by atoms with Crippen LogP contribution in [-0.2, 0) is 0 Å². The number of hydrogen-bond donors (Lipinski definition) is 4. The lowest BCUT2D eigenvalue weighted by Gasteiger charge is -2.30. The van der Waals surface area contributed by atoms with Gasteiger partial charge < -0.3 is 35.1 Å². The Morgan fingerprint density at radius 2 is 1.50 bits per heavy atom. The van der Waals surface area contributed by atoms with Crippen molar-refractivity contribution in [1.29, 1.82) is 0 Å². The van der Waals surface area contributed by atoms with E-state index in [1.807, 2.05) is 0 Å². The summed E-state index contributed by atoms with van der Waals surface area (Å²) in [6, 6.07) is 6.85. The Morgan fingerprint density at radius 3 is 2.08 bits per heavy atom. The highest BCUT2D eigenvalue weighted by molar-refractivity contribution is 5.89. The number of carbonyl (C=O) groups is 1. The molecule has 0 unspecified atom stereocenters. The van der Waals surface area contributed by atoms with Gasteiger partial charge in [-0.3, -0.25) is 0 Å². The molecule has 14 heteroatoms. The summed E-state index contributed by atoms with van der Waals surface area (Å²) in [4.78, 5) is 12.2. The largest absolute Gasteiger partial charge is 0.573 e. The molecule has 0 aromatic heterocycles. The second kappa shape index (κ2) is 11.1. The molecule has 2 amide bonds. The van der Waals surface area contributed by atoms with Crippen LogP contribution in [0.3, 0.4) is 0 Å². The number of ether oxygens (including phenoxy) is 3. The number of nitrogens with one attached hydrogen (secondary N) is 2. The average Bonchev–Trinajstić information content (AvgIpc) is 2.74. The molecule has 0 atom stereocenters. The minimum absolute atomic E-state index is 0.0189. The summed E-state index contributed by atoms with van der Waals surface area (Å²) in [6.07, 6.45) is -10.5. The molecule has 2 aromatic carbocycles. The van der Waals surface area contributed by atoms with Crippen molar-refractivity contribution in [2.24, 2.45) is 0 Å². The van der Waals surface area contributed by atoms with Crippen LogP contribution in [0, 0.1) is 0 Å². The van der Waals surface area contributed by atoms with Gasteiger partial charge in [-0.25, -0.2) is 4.79 Å². The quantitative estimate of drug-likeness (QED) is 0.301. The van der Waals surface area contributed by atoms with Gasteiger partial charge in [0.05, 0.1) is 11.7 Å². The molecule has 4 N–H and O–H groups in total. The first-order chi connectivity index (χ1) is 16.8. The highest BCUT2D eigenvalue weighted by Gasteiger charge is 2.32. The van der Waals surface area contributed by atoms with Crippen LogP contribution >= 0.6 is 0 Å². The summed E-state index contributed by atoms with van der Waals surface area (Å²) in [6.45, 7) is 0. The monoisotopic (exact) mass is 524 g/mol. The van der Waals surface area contributed by atoms with Gasteiger partial charge >= 0.3 is 18.8 Å². The maximum absolute atomic E-state index is 12.4. The number of hydrogen-bond acceptors (Lipinski definition) is 6. The third kappa shape index (κ3) is 8.68. The molecular formula is C22H22F6N2O6. The first-order valence-corrected chi connectivity index (χ1v) is 10.6. The third-order valence-electron chi connectivity index (χ3n) is 5.12. The zero-order valence-electron chi connectivity index (χ0n) is 18.4. The number of amides is 2. The van der Waals surface area contributed by atoms with Crippen molar-refractivity contribution in [3.8, 4) is 17.2 Å². The number of halogens is 6. The average molecular weight is 524 g/mol. The molecule has 1 saturated carbocycles. The van der Waals surface area contributed by atoms with Crippen molar-refractivity contribution >= 4 is 11.7 Å². The molecule has 0 heterocycles. The minimum Gasteiger partial charge on any atom is -0.490 e. The highest BCUT2D eigenvalue weighted by atomic mass is 19.4. The second-order valence-electron chi connectivity index (χ2n) is 7.89. The van der Waals surface area contributed by atoms with E-state index in [0.29, 0.717) is 25.7 Å². The van der Waals surface area contributed by atoms with Crippen LogP contribution in [0.2, 0.25) is 0 Å². The summed E-state index contributed by atoms with van der Waals surface area (Å²) in [5.41, 5.74) is -0.201. The van der Waals surface area contributed by atoms with E-state index < -0.39 is 42.6 Å². The third-order valence-corrected chi connectivity index (χ3v) is 5.12. The fraction of sp³-hybridized carbons (Fsp3) is 0.409. The van der Waals surface area contributed by atoms with E-state index in [1.165, 1.54) is 12.1 Å². The van der Waals surface area contributed by atoms with Crippen LogP contribution in [0.4, 0.5) is 36.8 Å². The van der Waals surface area contributed by atoms with Crippen LogP contribution in [0.5, 0.6) is 17.2 Å². The van der Waals surface area contributed by atoms with Crippen LogP contribution < -0.4 is 24.8 Å². The molecule has 1 aliphatic rings. The first-order valence-electron chi connectivity index (χ1n) is 10.6. The zero-order valence-corrected chi connectivity index (χ0v) is 18.4. The Bertz CT molecular complexity index is 1040. The van der Waals surface area contributed by atoms with Gasteiger partial charge in [-0.1, -0.05) is 6.07 Å². The minimum atomic E-state index is -4.95. The summed E-state index contributed by atoms with van der Waals surface area (Å²) < 4.78 is 87.6. The van der Waals surface area contributed by atoms with E-state index in [4.69, 9.17) is 4.74 Å². The molecule has 36 heavy (non-hydrogen) atoms. The van der Waals surface area contributed by atoms with Crippen LogP contribution in [-0.4, -0.2) is 41.1 Å². The van der Waals surface area contributed by atoms with Crippen molar-refractivity contribution in [3.05, 3.63) is 48.0 Å². The maximum Gasteiger partial charge on any atom is 0.573 e. The zero-order chi connectivity index (χ0) is 26.5. The maximum atomic E-state index is 12.4. The van der Waals surface area contributed by atoms with Crippen molar-refractivity contribution in [2.45, 2.75) is 56.8 Å². The van der Waals surface area contributed by atoms with Crippen molar-refractivity contribution in [3.63, 3.8) is 0 Å². The Hall–Kier alpha value is -3.39. The van der Waals surface area contributed by atoms with Gasteiger partial charge in [0.25, 0.3) is 0 Å². The summed E-state index contributed by atoms with van der Waals surface area (Å²) in [7, 11) is 0. The summed E-state index contributed by atoms with van der Waals surface area (Å²) >= 11 is 0. The summed E-state index contributed by atoms with van der Waals surface area (Å²) in [5.74, 6) is -1.13. The molecule has 1 fully saturated rings. The molecule has 0 saturated heterocycles. The predicted octanol–water partition coefficient (Wildman–Crippen LogP) is 4.98. The van der Waals surface area contributed by atoms with Gasteiger partial charge in [-0.05, 0) is 56.0 Å². The number of rotatable bonds is 7. The van der Waals surface area contributed by atoms with E-state index in [9.17, 15) is 41.4 Å². The van der Waals surface area contributed by atoms with Gasteiger partial charge in [-0.15, -0.1) is 26.3 Å². The lowest BCUT2D eigenvalue weighted by Crippen LogP contribution is -2.41. The van der Waals surface area contributed by atoms with E-state index in [-0.39, 0.29) is 23.0 Å². The van der Waals surface area contributed by atoms with Crippen molar-refractivity contribution < 1.29 is 55.6 Å². The molecule has 0 spiro atoms. The van der Waals surface area contributed by atoms with E-state index in [0.717, 1.165) is 30.3 Å². The van der Waals surface area contributed by atoms with Crippen molar-refractivity contribution in [1.82, 2.24) is 5.32 Å².